The lowest BCUT2D eigenvalue weighted by molar-refractivity contribution is 0.195. The molecule has 0 aliphatic carbocycles. The molecule has 0 spiro atoms. The van der Waals surface area contributed by atoms with E-state index in [-0.39, 0.29) is 0 Å². The van der Waals surface area contributed by atoms with E-state index in [1.54, 1.807) is 0 Å². The van der Waals surface area contributed by atoms with Crippen LogP contribution in [0, 0.1) is 0 Å². The van der Waals surface area contributed by atoms with Gasteiger partial charge in [-0.2, -0.15) is 0 Å². The van der Waals surface area contributed by atoms with E-state index in [4.69, 9.17) is 0 Å². The van der Waals surface area contributed by atoms with E-state index in [1.807, 2.05) is 0 Å². The Balaban J connectivity index is 1.89. The van der Waals surface area contributed by atoms with Crippen molar-refractivity contribution in [3.8, 4) is 0 Å². The Morgan fingerprint density at radius 2 is 1.47 bits per heavy atom. The molecule has 0 unspecified atom stereocenters. The molecule has 1 fully saturated rings. The summed E-state index contributed by atoms with van der Waals surface area (Å²) in [6.45, 7) is 9.76. The van der Waals surface area contributed by atoms with Crippen LogP contribution in [0.15, 0.2) is 0 Å². The summed E-state index contributed by atoms with van der Waals surface area (Å²) in [4.78, 5) is 2.65. The lowest BCUT2D eigenvalue weighted by atomic mass is 10.0. The van der Waals surface area contributed by atoms with Crippen LogP contribution in [-0.4, -0.2) is 37.1 Å². The number of nitrogens with one attached hydrogen (secondary N) is 1. The Kier molecular flexibility index (Phi) is 10.5. The molecule has 0 aromatic heterocycles. The molecule has 0 atom stereocenters. The van der Waals surface area contributed by atoms with Crippen molar-refractivity contribution in [2.75, 3.05) is 26.2 Å². The maximum absolute atomic E-state index is 3.76. The summed E-state index contributed by atoms with van der Waals surface area (Å²) in [7, 11) is 0. The third kappa shape index (κ3) is 8.65. The zero-order chi connectivity index (χ0) is 13.8. The highest BCUT2D eigenvalue weighted by molar-refractivity contribution is 4.76. The van der Waals surface area contributed by atoms with Crippen LogP contribution in [0.5, 0.6) is 0 Å². The number of hydrogen-bond acceptors (Lipinski definition) is 2. The van der Waals surface area contributed by atoms with E-state index in [0.29, 0.717) is 0 Å². The maximum Gasteiger partial charge on any atom is 0.00914 e. The minimum atomic E-state index is 0.800. The molecule has 0 bridgehead atoms. The zero-order valence-electron chi connectivity index (χ0n) is 13.4. The topological polar surface area (TPSA) is 15.3 Å². The molecule has 19 heavy (non-hydrogen) atoms. The van der Waals surface area contributed by atoms with Gasteiger partial charge >= 0.3 is 0 Å². The average molecular weight is 268 g/mol. The van der Waals surface area contributed by atoms with Crippen molar-refractivity contribution in [2.45, 2.75) is 84.1 Å². The van der Waals surface area contributed by atoms with E-state index < -0.39 is 0 Å². The Morgan fingerprint density at radius 1 is 0.842 bits per heavy atom. The van der Waals surface area contributed by atoms with Crippen molar-refractivity contribution in [3.63, 3.8) is 0 Å². The van der Waals surface area contributed by atoms with E-state index in [9.17, 15) is 0 Å². The first-order valence-corrected chi connectivity index (χ1v) is 8.82. The van der Waals surface area contributed by atoms with Crippen molar-refractivity contribution >= 4 is 0 Å². The smallest absolute Gasteiger partial charge is 0.00914 e. The maximum atomic E-state index is 3.76. The van der Waals surface area contributed by atoms with E-state index >= 15 is 0 Å². The van der Waals surface area contributed by atoms with Crippen molar-refractivity contribution < 1.29 is 0 Å². The zero-order valence-corrected chi connectivity index (χ0v) is 13.4. The summed E-state index contributed by atoms with van der Waals surface area (Å²) in [5.41, 5.74) is 0. The monoisotopic (exact) mass is 268 g/mol. The first kappa shape index (κ1) is 17.0. The second-order valence-corrected chi connectivity index (χ2v) is 6.19. The molecule has 0 radical (unpaired) electrons. The Hall–Kier alpha value is -0.0800. The first-order valence-electron chi connectivity index (χ1n) is 8.82. The molecule has 2 nitrogen and oxygen atoms in total. The minimum Gasteiger partial charge on any atom is -0.314 e. The van der Waals surface area contributed by atoms with Gasteiger partial charge in [0.2, 0.25) is 0 Å². The molecule has 1 saturated heterocycles. The van der Waals surface area contributed by atoms with Crippen molar-refractivity contribution in [2.24, 2.45) is 0 Å². The van der Waals surface area contributed by atoms with E-state index in [2.05, 4.69) is 24.1 Å². The van der Waals surface area contributed by atoms with Gasteiger partial charge in [-0.05, 0) is 51.9 Å². The third-order valence-corrected chi connectivity index (χ3v) is 4.38. The third-order valence-electron chi connectivity index (χ3n) is 4.38. The van der Waals surface area contributed by atoms with Gasteiger partial charge in [-0.25, -0.2) is 0 Å². The highest BCUT2D eigenvalue weighted by Crippen LogP contribution is 2.11. The summed E-state index contributed by atoms with van der Waals surface area (Å²) in [6, 6.07) is 0.800. The quantitative estimate of drug-likeness (QED) is 0.565. The van der Waals surface area contributed by atoms with Gasteiger partial charge < -0.3 is 10.2 Å². The molecule has 1 rings (SSSR count). The van der Waals surface area contributed by atoms with E-state index in [1.165, 1.54) is 90.4 Å². The first-order chi connectivity index (χ1) is 9.36. The number of hydrogen-bond donors (Lipinski definition) is 1. The van der Waals surface area contributed by atoms with Gasteiger partial charge in [0.05, 0.1) is 0 Å². The fourth-order valence-electron chi connectivity index (χ4n) is 2.95. The van der Waals surface area contributed by atoms with Crippen LogP contribution in [0.1, 0.15) is 78.1 Å². The van der Waals surface area contributed by atoms with Crippen molar-refractivity contribution in [3.05, 3.63) is 0 Å². The van der Waals surface area contributed by atoms with Crippen LogP contribution < -0.4 is 5.32 Å². The molecule has 114 valence electrons. The minimum absolute atomic E-state index is 0.800. The van der Waals surface area contributed by atoms with Crippen LogP contribution in [0.2, 0.25) is 0 Å². The van der Waals surface area contributed by atoms with Crippen LogP contribution in [-0.2, 0) is 0 Å². The number of piperidine rings is 1. The van der Waals surface area contributed by atoms with Gasteiger partial charge in [-0.3, -0.25) is 0 Å². The Labute approximate surface area is 121 Å². The molecule has 1 aliphatic heterocycles. The molecule has 0 amide bonds. The average Bonchev–Trinajstić information content (AvgIpc) is 2.45. The fourth-order valence-corrected chi connectivity index (χ4v) is 2.95. The van der Waals surface area contributed by atoms with Crippen molar-refractivity contribution in [1.29, 1.82) is 0 Å². The largest absolute Gasteiger partial charge is 0.314 e. The van der Waals surface area contributed by atoms with Gasteiger partial charge in [0, 0.05) is 6.04 Å². The molecule has 0 aromatic carbocycles. The molecule has 1 N–H and O–H groups in total. The van der Waals surface area contributed by atoms with Gasteiger partial charge in [-0.15, -0.1) is 0 Å². The highest BCUT2D eigenvalue weighted by atomic mass is 15.1. The van der Waals surface area contributed by atoms with Crippen LogP contribution >= 0.6 is 0 Å². The Morgan fingerprint density at radius 3 is 2.16 bits per heavy atom. The van der Waals surface area contributed by atoms with Gasteiger partial charge in [0.25, 0.3) is 0 Å². The Bertz CT molecular complexity index is 186. The lowest BCUT2D eigenvalue weighted by Gasteiger charge is -2.32. The summed E-state index contributed by atoms with van der Waals surface area (Å²) in [5.74, 6) is 0. The standard InChI is InChI=1S/C17H36N2/c1-3-5-7-8-9-10-13-18-17-11-15-19(16-12-17)14-6-4-2/h17-18H,3-16H2,1-2H3. The van der Waals surface area contributed by atoms with Crippen LogP contribution in [0.25, 0.3) is 0 Å². The normalized spacial score (nSPS) is 18.0. The SMILES string of the molecule is CCCCCCCCNC1CCN(CCCC)CC1. The number of unbranched alkanes of at least 4 members (excludes halogenated alkanes) is 6. The molecule has 0 saturated carbocycles. The molecule has 0 aromatic rings. The molecular formula is C17H36N2. The molecule has 1 aliphatic rings. The molecular weight excluding hydrogens is 232 g/mol. The summed E-state index contributed by atoms with van der Waals surface area (Å²) in [5, 5.41) is 3.76. The highest BCUT2D eigenvalue weighted by Gasteiger charge is 2.17. The number of nitrogens with zero attached hydrogens (tertiary/aromatic N) is 1. The number of rotatable bonds is 11. The van der Waals surface area contributed by atoms with Gasteiger partial charge in [0.1, 0.15) is 0 Å². The van der Waals surface area contributed by atoms with Gasteiger partial charge in [-0.1, -0.05) is 52.4 Å². The van der Waals surface area contributed by atoms with Crippen LogP contribution in [0.3, 0.4) is 0 Å². The van der Waals surface area contributed by atoms with E-state index in [0.717, 1.165) is 6.04 Å². The second-order valence-electron chi connectivity index (χ2n) is 6.19. The van der Waals surface area contributed by atoms with Gasteiger partial charge in [0.15, 0.2) is 0 Å². The summed E-state index contributed by atoms with van der Waals surface area (Å²) < 4.78 is 0. The fraction of sp³-hybridized carbons (Fsp3) is 1.00. The summed E-state index contributed by atoms with van der Waals surface area (Å²) in [6.07, 6.45) is 13.9. The molecule has 1 heterocycles. The van der Waals surface area contributed by atoms with Crippen LogP contribution in [0.4, 0.5) is 0 Å². The summed E-state index contributed by atoms with van der Waals surface area (Å²) >= 11 is 0. The number of likely N-dealkylation sites (tertiary alicyclic amines) is 1. The molecule has 2 heteroatoms. The lowest BCUT2D eigenvalue weighted by Crippen LogP contribution is -2.43. The van der Waals surface area contributed by atoms with Crippen molar-refractivity contribution in [1.82, 2.24) is 10.2 Å². The predicted octanol–water partition coefficient (Wildman–Crippen LogP) is 4.20. The predicted molar refractivity (Wildman–Crippen MR) is 85.7 cm³/mol. The second kappa shape index (κ2) is 11.7.